The second kappa shape index (κ2) is 5.31. The number of quaternary nitrogens is 1. The number of hydrogen-bond acceptors (Lipinski definition) is 1. The second-order valence-corrected chi connectivity index (χ2v) is 4.58. The summed E-state index contributed by atoms with van der Waals surface area (Å²) in [7, 11) is 8.50. The van der Waals surface area contributed by atoms with Gasteiger partial charge in [0.15, 0.2) is 29.1 Å². The Balaban J connectivity index is 0.000000437. The molecule has 0 spiro atoms. The standard InChI is InChI=1S/C6HF5O.C4H12N/c7-1-2(8)4(10)6(12)5(11)3(1)9;1-5(2,3)4/h12H;1-4H3/q;+1/p-1. The van der Waals surface area contributed by atoms with Crippen LogP contribution in [0.15, 0.2) is 0 Å². The van der Waals surface area contributed by atoms with Crippen molar-refractivity contribution in [1.82, 2.24) is 0 Å². The molecule has 0 heterocycles. The van der Waals surface area contributed by atoms with Crippen molar-refractivity contribution in [3.05, 3.63) is 29.1 Å². The van der Waals surface area contributed by atoms with E-state index in [0.29, 0.717) is 0 Å². The van der Waals surface area contributed by atoms with Gasteiger partial charge in [0.1, 0.15) is 0 Å². The van der Waals surface area contributed by atoms with Crippen molar-refractivity contribution in [3.8, 4) is 5.75 Å². The van der Waals surface area contributed by atoms with E-state index in [4.69, 9.17) is 0 Å². The summed E-state index contributed by atoms with van der Waals surface area (Å²) in [4.78, 5) is 0. The predicted octanol–water partition coefficient (Wildman–Crippen LogP) is 1.78. The van der Waals surface area contributed by atoms with Crippen LogP contribution in [0.2, 0.25) is 0 Å². The molecule has 0 aliphatic carbocycles. The van der Waals surface area contributed by atoms with Gasteiger partial charge in [-0.25, -0.2) is 22.0 Å². The molecule has 1 aromatic carbocycles. The Labute approximate surface area is 95.5 Å². The summed E-state index contributed by atoms with van der Waals surface area (Å²) < 4.78 is 61.4. The minimum atomic E-state index is -2.33. The van der Waals surface area contributed by atoms with Crippen molar-refractivity contribution >= 4 is 0 Å². The quantitative estimate of drug-likeness (QED) is 0.301. The lowest BCUT2D eigenvalue weighted by Gasteiger charge is -2.14. The average Bonchev–Trinajstić information content (AvgIpc) is 2.18. The average molecular weight is 257 g/mol. The smallest absolute Gasteiger partial charge is 0.200 e. The molecule has 0 unspecified atom stereocenters. The van der Waals surface area contributed by atoms with E-state index in [0.717, 1.165) is 4.48 Å². The first-order chi connectivity index (χ1) is 7.46. The van der Waals surface area contributed by atoms with Crippen molar-refractivity contribution in [2.24, 2.45) is 0 Å². The van der Waals surface area contributed by atoms with Gasteiger partial charge >= 0.3 is 0 Å². The van der Waals surface area contributed by atoms with E-state index in [9.17, 15) is 27.1 Å². The van der Waals surface area contributed by atoms with Gasteiger partial charge in [0.05, 0.1) is 28.2 Å². The highest BCUT2D eigenvalue weighted by Crippen LogP contribution is 2.25. The van der Waals surface area contributed by atoms with Crippen molar-refractivity contribution in [2.45, 2.75) is 0 Å². The lowest BCUT2D eigenvalue weighted by atomic mass is 10.3. The second-order valence-electron chi connectivity index (χ2n) is 4.58. The molecule has 0 amide bonds. The first kappa shape index (κ1) is 15.6. The van der Waals surface area contributed by atoms with E-state index in [2.05, 4.69) is 28.2 Å². The van der Waals surface area contributed by atoms with E-state index in [1.807, 2.05) is 0 Å². The third-order valence-electron chi connectivity index (χ3n) is 1.17. The van der Waals surface area contributed by atoms with E-state index in [1.165, 1.54) is 0 Å². The highest BCUT2D eigenvalue weighted by Gasteiger charge is 2.20. The minimum absolute atomic E-state index is 1.00. The van der Waals surface area contributed by atoms with E-state index in [-0.39, 0.29) is 0 Å². The maximum Gasteiger partial charge on any atom is 0.200 e. The van der Waals surface area contributed by atoms with Crippen LogP contribution in [0, 0.1) is 29.1 Å². The highest BCUT2D eigenvalue weighted by atomic mass is 19.2. The Morgan fingerprint density at radius 2 is 0.824 bits per heavy atom. The van der Waals surface area contributed by atoms with E-state index in [1.54, 1.807) is 0 Å². The maximum absolute atomic E-state index is 12.1. The van der Waals surface area contributed by atoms with Gasteiger partial charge in [-0.1, -0.05) is 0 Å². The van der Waals surface area contributed by atoms with Crippen LogP contribution in [0.3, 0.4) is 0 Å². The van der Waals surface area contributed by atoms with Gasteiger partial charge in [0.25, 0.3) is 0 Å². The van der Waals surface area contributed by atoms with Gasteiger partial charge < -0.3 is 9.59 Å². The van der Waals surface area contributed by atoms with Gasteiger partial charge in [0, 0.05) is 0 Å². The first-order valence-corrected chi connectivity index (χ1v) is 4.44. The zero-order valence-corrected chi connectivity index (χ0v) is 9.75. The monoisotopic (exact) mass is 257 g/mol. The van der Waals surface area contributed by atoms with Gasteiger partial charge in [-0.3, -0.25) is 0 Å². The number of rotatable bonds is 0. The lowest BCUT2D eigenvalue weighted by Crippen LogP contribution is -2.27. The Bertz CT molecular complexity index is 303. The zero-order chi connectivity index (χ0) is 14.0. The fourth-order valence-corrected chi connectivity index (χ4v) is 0.585. The normalized spacial score (nSPS) is 10.9. The molecule has 0 aliphatic rings. The van der Waals surface area contributed by atoms with Gasteiger partial charge in [-0.15, -0.1) is 0 Å². The Morgan fingerprint density at radius 1 is 0.647 bits per heavy atom. The first-order valence-electron chi connectivity index (χ1n) is 4.44. The molecular formula is C10H12F5NO. The van der Waals surface area contributed by atoms with Crippen LogP contribution in [0.25, 0.3) is 0 Å². The highest BCUT2D eigenvalue weighted by molar-refractivity contribution is 5.26. The molecule has 98 valence electrons. The molecule has 0 bridgehead atoms. The molecule has 0 N–H and O–H groups in total. The van der Waals surface area contributed by atoms with Crippen LogP contribution in [-0.2, 0) is 0 Å². The van der Waals surface area contributed by atoms with Crippen LogP contribution >= 0.6 is 0 Å². The summed E-state index contributed by atoms with van der Waals surface area (Å²) in [5, 5.41) is 10.2. The predicted molar refractivity (Wildman–Crippen MR) is 49.6 cm³/mol. The van der Waals surface area contributed by atoms with Crippen molar-refractivity contribution in [2.75, 3.05) is 28.2 Å². The molecule has 0 saturated heterocycles. The van der Waals surface area contributed by atoms with Crippen molar-refractivity contribution in [1.29, 1.82) is 0 Å². The third kappa shape index (κ3) is 4.56. The fraction of sp³-hybridized carbons (Fsp3) is 0.400. The molecule has 0 atom stereocenters. The zero-order valence-electron chi connectivity index (χ0n) is 9.75. The summed E-state index contributed by atoms with van der Waals surface area (Å²) in [6.45, 7) is 0. The summed E-state index contributed by atoms with van der Waals surface area (Å²) in [5.41, 5.74) is 0. The number of halogens is 5. The molecule has 17 heavy (non-hydrogen) atoms. The Hall–Kier alpha value is -1.37. The molecule has 2 nitrogen and oxygen atoms in total. The summed E-state index contributed by atoms with van der Waals surface area (Å²) in [6.07, 6.45) is 0. The largest absolute Gasteiger partial charge is 0.868 e. The van der Waals surface area contributed by atoms with Crippen LogP contribution < -0.4 is 5.11 Å². The molecular weight excluding hydrogens is 245 g/mol. The van der Waals surface area contributed by atoms with Crippen LogP contribution in [0.1, 0.15) is 0 Å². The number of nitrogens with zero attached hydrogens (tertiary/aromatic N) is 1. The van der Waals surface area contributed by atoms with Crippen LogP contribution in [0.5, 0.6) is 5.75 Å². The summed E-state index contributed by atoms with van der Waals surface area (Å²) in [6, 6.07) is 0. The van der Waals surface area contributed by atoms with Gasteiger partial charge in [-0.05, 0) is 5.75 Å². The molecule has 0 aromatic heterocycles. The van der Waals surface area contributed by atoms with Crippen LogP contribution in [-0.4, -0.2) is 32.7 Å². The summed E-state index contributed by atoms with van der Waals surface area (Å²) in [5.74, 6) is -13.6. The lowest BCUT2D eigenvalue weighted by molar-refractivity contribution is -0.849. The van der Waals surface area contributed by atoms with Crippen LogP contribution in [0.4, 0.5) is 22.0 Å². The van der Waals surface area contributed by atoms with E-state index >= 15 is 0 Å². The topological polar surface area (TPSA) is 23.1 Å². The third-order valence-corrected chi connectivity index (χ3v) is 1.17. The van der Waals surface area contributed by atoms with E-state index < -0.39 is 34.8 Å². The molecule has 7 heteroatoms. The number of benzene rings is 1. The molecule has 1 aromatic rings. The minimum Gasteiger partial charge on any atom is -0.868 e. The molecule has 0 aliphatic heterocycles. The Morgan fingerprint density at radius 3 is 1.06 bits per heavy atom. The molecule has 0 saturated carbocycles. The number of hydrogen-bond donors (Lipinski definition) is 0. The van der Waals surface area contributed by atoms with Gasteiger partial charge in [0.2, 0.25) is 0 Å². The molecule has 0 radical (unpaired) electrons. The van der Waals surface area contributed by atoms with Gasteiger partial charge in [-0.2, -0.15) is 0 Å². The Kier molecular flexibility index (Phi) is 4.88. The maximum atomic E-state index is 12.1. The molecule has 0 fully saturated rings. The van der Waals surface area contributed by atoms with Crippen molar-refractivity contribution < 1.29 is 31.5 Å². The SMILES string of the molecule is C[N+](C)(C)C.[O-]c1c(F)c(F)c(F)c(F)c1F. The van der Waals surface area contributed by atoms with Crippen molar-refractivity contribution in [3.63, 3.8) is 0 Å². The molecule has 1 rings (SSSR count). The summed E-state index contributed by atoms with van der Waals surface area (Å²) >= 11 is 0. The fourth-order valence-electron chi connectivity index (χ4n) is 0.585.